The molecule has 1 fully saturated rings. The zero-order valence-corrected chi connectivity index (χ0v) is 19.8. The van der Waals surface area contributed by atoms with Crippen LogP contribution in [0.1, 0.15) is 22.5 Å². The molecule has 0 spiro atoms. The first-order chi connectivity index (χ1) is 16.5. The van der Waals surface area contributed by atoms with Gasteiger partial charge in [-0.2, -0.15) is 13.2 Å². The monoisotopic (exact) mass is 499 g/mol. The lowest BCUT2D eigenvalue weighted by atomic mass is 10.1. The van der Waals surface area contributed by atoms with Gasteiger partial charge < -0.3 is 9.30 Å². The van der Waals surface area contributed by atoms with Crippen LogP contribution in [0.25, 0.3) is 11.8 Å². The summed E-state index contributed by atoms with van der Waals surface area (Å²) in [7, 11) is 1.57. The molecular weight excluding hydrogens is 479 g/mol. The van der Waals surface area contributed by atoms with Crippen molar-refractivity contribution in [3.63, 3.8) is 0 Å². The molecule has 180 valence electrons. The van der Waals surface area contributed by atoms with E-state index in [1.807, 2.05) is 48.7 Å². The summed E-state index contributed by atoms with van der Waals surface area (Å²) in [6.45, 7) is 3.71. The van der Waals surface area contributed by atoms with E-state index in [1.54, 1.807) is 7.11 Å². The van der Waals surface area contributed by atoms with E-state index in [0.717, 1.165) is 34.1 Å². The molecule has 1 saturated heterocycles. The number of nitrogens with one attached hydrogen (secondary N) is 1. The second-order valence-corrected chi connectivity index (χ2v) is 8.26. The summed E-state index contributed by atoms with van der Waals surface area (Å²) >= 11 is 5.10. The molecule has 2 aromatic carbocycles. The Morgan fingerprint density at radius 1 is 1.00 bits per heavy atom. The van der Waals surface area contributed by atoms with E-state index in [0.29, 0.717) is 11.3 Å². The normalized spacial score (nSPS) is 15.5. The fraction of sp³-hybridized carbons (Fsp3) is 0.160. The van der Waals surface area contributed by atoms with Crippen molar-refractivity contribution in [3.8, 4) is 11.4 Å². The van der Waals surface area contributed by atoms with Crippen LogP contribution in [0.3, 0.4) is 0 Å². The molecule has 6 nitrogen and oxygen atoms in total. The van der Waals surface area contributed by atoms with Crippen molar-refractivity contribution in [3.05, 3.63) is 82.7 Å². The van der Waals surface area contributed by atoms with Gasteiger partial charge in [0.25, 0.3) is 11.8 Å². The molecule has 0 radical (unpaired) electrons. The average Bonchev–Trinajstić information content (AvgIpc) is 3.08. The molecule has 35 heavy (non-hydrogen) atoms. The molecule has 2 amide bonds. The summed E-state index contributed by atoms with van der Waals surface area (Å²) in [5.41, 5.74) is 1.74. The lowest BCUT2D eigenvalue weighted by Crippen LogP contribution is -2.54. The van der Waals surface area contributed by atoms with Gasteiger partial charge in [0.1, 0.15) is 11.3 Å². The van der Waals surface area contributed by atoms with Crippen LogP contribution in [0.4, 0.5) is 18.9 Å². The Balaban J connectivity index is 1.76. The minimum atomic E-state index is -4.60. The minimum Gasteiger partial charge on any atom is -0.497 e. The summed E-state index contributed by atoms with van der Waals surface area (Å²) in [5, 5.41) is 2.11. The van der Waals surface area contributed by atoms with Gasteiger partial charge in [-0.1, -0.05) is 12.1 Å². The highest BCUT2D eigenvalue weighted by Crippen LogP contribution is 2.33. The summed E-state index contributed by atoms with van der Waals surface area (Å²) in [4.78, 5) is 26.8. The summed E-state index contributed by atoms with van der Waals surface area (Å²) in [6, 6.07) is 13.4. The highest BCUT2D eigenvalue weighted by atomic mass is 32.1. The zero-order chi connectivity index (χ0) is 25.5. The Hall–Kier alpha value is -3.92. The fourth-order valence-electron chi connectivity index (χ4n) is 3.95. The molecule has 2 heterocycles. The highest BCUT2D eigenvalue weighted by molar-refractivity contribution is 7.80. The Morgan fingerprint density at radius 2 is 1.69 bits per heavy atom. The van der Waals surface area contributed by atoms with Crippen LogP contribution in [0.5, 0.6) is 5.75 Å². The number of hydrogen-bond donors (Lipinski definition) is 1. The maximum absolute atomic E-state index is 13.3. The molecule has 3 aromatic rings. The molecule has 0 atom stereocenters. The van der Waals surface area contributed by atoms with Crippen LogP contribution < -0.4 is 15.0 Å². The SMILES string of the molecule is COc1cccc(-n2c(C)cc(/C=C3/C(=O)NC(=S)N(c4cccc(C(F)(F)F)c4)C3=O)c2C)c1. The van der Waals surface area contributed by atoms with Crippen molar-refractivity contribution in [1.82, 2.24) is 9.88 Å². The number of carbonyl (C=O) groups excluding carboxylic acids is 2. The van der Waals surface area contributed by atoms with Crippen molar-refractivity contribution < 1.29 is 27.5 Å². The van der Waals surface area contributed by atoms with Crippen LogP contribution in [-0.2, 0) is 15.8 Å². The smallest absolute Gasteiger partial charge is 0.416 e. The molecule has 1 aliphatic rings. The third-order valence-corrected chi connectivity index (χ3v) is 5.90. The predicted molar refractivity (Wildman–Crippen MR) is 129 cm³/mol. The topological polar surface area (TPSA) is 63.6 Å². The summed E-state index contributed by atoms with van der Waals surface area (Å²) in [6.07, 6.45) is -3.19. The molecular formula is C25H20F3N3O3S. The van der Waals surface area contributed by atoms with Crippen molar-refractivity contribution in [2.24, 2.45) is 0 Å². The first kappa shape index (κ1) is 24.2. The average molecular weight is 500 g/mol. The summed E-state index contributed by atoms with van der Waals surface area (Å²) in [5.74, 6) is -0.874. The largest absolute Gasteiger partial charge is 0.497 e. The number of alkyl halides is 3. The zero-order valence-electron chi connectivity index (χ0n) is 18.9. The first-order valence-electron chi connectivity index (χ1n) is 10.4. The van der Waals surface area contributed by atoms with Crippen molar-refractivity contribution in [2.45, 2.75) is 20.0 Å². The Morgan fingerprint density at radius 3 is 2.37 bits per heavy atom. The van der Waals surface area contributed by atoms with Crippen molar-refractivity contribution >= 4 is 40.9 Å². The number of benzene rings is 2. The van der Waals surface area contributed by atoms with Crippen molar-refractivity contribution in [1.29, 1.82) is 0 Å². The van der Waals surface area contributed by atoms with Crippen LogP contribution in [-0.4, -0.2) is 28.6 Å². The van der Waals surface area contributed by atoms with Crippen molar-refractivity contribution in [2.75, 3.05) is 12.0 Å². The molecule has 0 bridgehead atoms. The Bertz CT molecular complexity index is 1390. The number of aromatic nitrogens is 1. The van der Waals surface area contributed by atoms with E-state index in [2.05, 4.69) is 5.32 Å². The minimum absolute atomic E-state index is 0.0948. The fourth-order valence-corrected chi connectivity index (χ4v) is 4.23. The molecule has 1 aromatic heterocycles. The number of hydrogen-bond acceptors (Lipinski definition) is 4. The first-order valence-corrected chi connectivity index (χ1v) is 10.8. The second kappa shape index (κ2) is 9.03. The van der Waals surface area contributed by atoms with E-state index in [4.69, 9.17) is 17.0 Å². The van der Waals surface area contributed by atoms with Crippen LogP contribution >= 0.6 is 12.2 Å². The number of anilines is 1. The van der Waals surface area contributed by atoms with Crippen LogP contribution in [0, 0.1) is 13.8 Å². The quantitative estimate of drug-likeness (QED) is 0.313. The predicted octanol–water partition coefficient (Wildman–Crippen LogP) is 4.95. The van der Waals surface area contributed by atoms with E-state index < -0.39 is 23.6 Å². The molecule has 1 aliphatic heterocycles. The van der Waals surface area contributed by atoms with Crippen LogP contribution in [0.15, 0.2) is 60.2 Å². The Kier molecular flexibility index (Phi) is 6.25. The van der Waals surface area contributed by atoms with E-state index in [-0.39, 0.29) is 16.4 Å². The second-order valence-electron chi connectivity index (χ2n) is 7.87. The standard InChI is InChI=1S/C25H20F3N3O3S/c1-14-10-16(15(2)30(14)19-8-5-9-20(13-19)34-3)11-21-22(32)29-24(35)31(23(21)33)18-7-4-6-17(12-18)25(26,27)28/h4-13H,1-3H3,(H,29,32,35)/b21-11-. The molecule has 4 rings (SSSR count). The number of aryl methyl sites for hydroxylation is 1. The molecule has 10 heteroatoms. The van der Waals surface area contributed by atoms with Gasteiger partial charge in [0.2, 0.25) is 0 Å². The number of carbonyl (C=O) groups is 2. The number of halogens is 3. The number of methoxy groups -OCH3 is 1. The van der Waals surface area contributed by atoms with Gasteiger partial charge in [-0.05, 0) is 74.1 Å². The van der Waals surface area contributed by atoms with Gasteiger partial charge in [-0.3, -0.25) is 19.8 Å². The Labute approximate surface area is 204 Å². The molecule has 0 unspecified atom stereocenters. The van der Waals surface area contributed by atoms with Gasteiger partial charge in [0, 0.05) is 23.1 Å². The molecule has 0 aliphatic carbocycles. The lowest BCUT2D eigenvalue weighted by molar-refractivity contribution is -0.137. The third kappa shape index (κ3) is 4.57. The molecule has 1 N–H and O–H groups in total. The van der Waals surface area contributed by atoms with Gasteiger partial charge in [-0.25, -0.2) is 0 Å². The van der Waals surface area contributed by atoms with E-state index >= 15 is 0 Å². The van der Waals surface area contributed by atoms with Gasteiger partial charge >= 0.3 is 6.18 Å². The molecule has 0 saturated carbocycles. The number of ether oxygens (including phenoxy) is 1. The van der Waals surface area contributed by atoms with Gasteiger partial charge in [-0.15, -0.1) is 0 Å². The number of thiocarbonyl (C=S) groups is 1. The maximum atomic E-state index is 13.3. The van der Waals surface area contributed by atoms with Gasteiger partial charge in [0.15, 0.2) is 5.11 Å². The van der Waals surface area contributed by atoms with Crippen LogP contribution in [0.2, 0.25) is 0 Å². The summed E-state index contributed by atoms with van der Waals surface area (Å²) < 4.78 is 46.8. The highest BCUT2D eigenvalue weighted by Gasteiger charge is 2.36. The maximum Gasteiger partial charge on any atom is 0.416 e. The van der Waals surface area contributed by atoms with E-state index in [1.165, 1.54) is 18.2 Å². The number of rotatable bonds is 4. The number of nitrogens with zero attached hydrogens (tertiary/aromatic N) is 2. The van der Waals surface area contributed by atoms with E-state index in [9.17, 15) is 22.8 Å². The lowest BCUT2D eigenvalue weighted by Gasteiger charge is -2.29. The van der Waals surface area contributed by atoms with Gasteiger partial charge in [0.05, 0.1) is 18.4 Å². The third-order valence-electron chi connectivity index (χ3n) is 5.61. The number of amides is 2.